The summed E-state index contributed by atoms with van der Waals surface area (Å²) in [5.74, 6) is 0.842. The molecule has 18 heavy (non-hydrogen) atoms. The number of methoxy groups -OCH3 is 1. The van der Waals surface area contributed by atoms with Crippen molar-refractivity contribution in [3.8, 4) is 16.9 Å². The minimum Gasteiger partial charge on any atom is -0.497 e. The predicted molar refractivity (Wildman–Crippen MR) is 73.1 cm³/mol. The van der Waals surface area contributed by atoms with Crippen molar-refractivity contribution in [3.63, 3.8) is 0 Å². The van der Waals surface area contributed by atoms with Crippen LogP contribution in [0.4, 0.5) is 0 Å². The topological polar surface area (TPSA) is 37.9 Å². The molecule has 1 heterocycles. The number of benzene rings is 2. The standard InChI is InChI=1S/C14H11ClN2O/c1-18-12-4-2-9(3-5-12)10-6-11-8-16-17-14(11)13(15)7-10/h2-8H,1H3,(H,16,17). The summed E-state index contributed by atoms with van der Waals surface area (Å²) in [7, 11) is 1.66. The zero-order chi connectivity index (χ0) is 12.5. The summed E-state index contributed by atoms with van der Waals surface area (Å²) in [6, 6.07) is 11.9. The van der Waals surface area contributed by atoms with Crippen molar-refractivity contribution in [3.05, 3.63) is 47.6 Å². The Kier molecular flexibility index (Phi) is 2.68. The molecule has 3 nitrogen and oxygen atoms in total. The molecule has 3 rings (SSSR count). The van der Waals surface area contributed by atoms with Crippen molar-refractivity contribution in [2.75, 3.05) is 7.11 Å². The lowest BCUT2D eigenvalue weighted by atomic mass is 10.0. The van der Waals surface area contributed by atoms with Crippen LogP contribution in [-0.2, 0) is 0 Å². The molecule has 0 bridgehead atoms. The Bertz CT molecular complexity index is 689. The van der Waals surface area contributed by atoms with Crippen molar-refractivity contribution in [2.24, 2.45) is 0 Å². The van der Waals surface area contributed by atoms with Gasteiger partial charge in [0.15, 0.2) is 0 Å². The van der Waals surface area contributed by atoms with Gasteiger partial charge >= 0.3 is 0 Å². The highest BCUT2D eigenvalue weighted by Gasteiger charge is 2.06. The van der Waals surface area contributed by atoms with E-state index in [9.17, 15) is 0 Å². The fraction of sp³-hybridized carbons (Fsp3) is 0.0714. The second-order valence-corrected chi connectivity index (χ2v) is 4.43. The zero-order valence-electron chi connectivity index (χ0n) is 9.77. The summed E-state index contributed by atoms with van der Waals surface area (Å²) in [5, 5.41) is 8.56. The monoisotopic (exact) mass is 258 g/mol. The third-order valence-corrected chi connectivity index (χ3v) is 3.22. The highest BCUT2D eigenvalue weighted by molar-refractivity contribution is 6.35. The van der Waals surface area contributed by atoms with E-state index in [-0.39, 0.29) is 0 Å². The number of hydrogen-bond donors (Lipinski definition) is 1. The van der Waals surface area contributed by atoms with Crippen LogP contribution in [0.2, 0.25) is 5.02 Å². The summed E-state index contributed by atoms with van der Waals surface area (Å²) in [5.41, 5.74) is 3.03. The number of halogens is 1. The highest BCUT2D eigenvalue weighted by atomic mass is 35.5. The van der Waals surface area contributed by atoms with Gasteiger partial charge in [0.1, 0.15) is 5.75 Å². The Labute approximate surface area is 109 Å². The van der Waals surface area contributed by atoms with Crippen LogP contribution >= 0.6 is 11.6 Å². The van der Waals surface area contributed by atoms with Gasteiger partial charge in [-0.1, -0.05) is 23.7 Å². The molecule has 4 heteroatoms. The third-order valence-electron chi connectivity index (χ3n) is 2.92. The molecular weight excluding hydrogens is 248 g/mol. The average molecular weight is 259 g/mol. The van der Waals surface area contributed by atoms with Gasteiger partial charge in [-0.2, -0.15) is 5.10 Å². The van der Waals surface area contributed by atoms with E-state index < -0.39 is 0 Å². The first kappa shape index (κ1) is 11.1. The molecule has 0 radical (unpaired) electrons. The smallest absolute Gasteiger partial charge is 0.118 e. The first-order chi connectivity index (χ1) is 8.78. The van der Waals surface area contributed by atoms with Crippen molar-refractivity contribution >= 4 is 22.5 Å². The lowest BCUT2D eigenvalue weighted by Gasteiger charge is -2.05. The van der Waals surface area contributed by atoms with E-state index in [1.54, 1.807) is 13.3 Å². The molecule has 0 aliphatic rings. The largest absolute Gasteiger partial charge is 0.497 e. The molecule has 1 aromatic heterocycles. The van der Waals surface area contributed by atoms with E-state index in [1.165, 1.54) is 0 Å². The van der Waals surface area contributed by atoms with Crippen LogP contribution in [0.25, 0.3) is 22.0 Å². The maximum absolute atomic E-state index is 6.22. The van der Waals surface area contributed by atoms with E-state index in [2.05, 4.69) is 16.3 Å². The van der Waals surface area contributed by atoms with Crippen LogP contribution in [0.15, 0.2) is 42.6 Å². The molecule has 0 aliphatic heterocycles. The summed E-state index contributed by atoms with van der Waals surface area (Å²) < 4.78 is 5.15. The summed E-state index contributed by atoms with van der Waals surface area (Å²) in [6.07, 6.45) is 1.77. The van der Waals surface area contributed by atoms with E-state index in [4.69, 9.17) is 16.3 Å². The Morgan fingerprint density at radius 1 is 1.11 bits per heavy atom. The van der Waals surface area contributed by atoms with Gasteiger partial charge in [-0.15, -0.1) is 0 Å². The summed E-state index contributed by atoms with van der Waals surface area (Å²) in [4.78, 5) is 0. The number of fused-ring (bicyclic) bond motifs is 1. The number of H-pyrrole nitrogens is 1. The zero-order valence-corrected chi connectivity index (χ0v) is 10.5. The van der Waals surface area contributed by atoms with Gasteiger partial charge in [0.25, 0.3) is 0 Å². The van der Waals surface area contributed by atoms with Crippen molar-refractivity contribution in [1.29, 1.82) is 0 Å². The molecular formula is C14H11ClN2O. The summed E-state index contributed by atoms with van der Waals surface area (Å²) in [6.45, 7) is 0. The predicted octanol–water partition coefficient (Wildman–Crippen LogP) is 3.89. The van der Waals surface area contributed by atoms with Gasteiger partial charge < -0.3 is 4.74 Å². The molecule has 0 amide bonds. The van der Waals surface area contributed by atoms with Gasteiger partial charge in [0, 0.05) is 5.39 Å². The van der Waals surface area contributed by atoms with Gasteiger partial charge in [-0.05, 0) is 35.4 Å². The Morgan fingerprint density at radius 3 is 2.61 bits per heavy atom. The van der Waals surface area contributed by atoms with Crippen LogP contribution in [0, 0.1) is 0 Å². The minimum absolute atomic E-state index is 0.677. The van der Waals surface area contributed by atoms with Crippen molar-refractivity contribution < 1.29 is 4.74 Å². The van der Waals surface area contributed by atoms with Crippen LogP contribution in [0.1, 0.15) is 0 Å². The number of aromatic nitrogens is 2. The third kappa shape index (κ3) is 1.83. The molecule has 0 spiro atoms. The lowest BCUT2D eigenvalue weighted by Crippen LogP contribution is -1.83. The second kappa shape index (κ2) is 4.35. The first-order valence-corrected chi connectivity index (χ1v) is 5.93. The molecule has 90 valence electrons. The van der Waals surface area contributed by atoms with Crippen molar-refractivity contribution in [1.82, 2.24) is 10.2 Å². The molecule has 0 atom stereocenters. The highest BCUT2D eigenvalue weighted by Crippen LogP contribution is 2.30. The molecule has 2 aromatic carbocycles. The van der Waals surface area contributed by atoms with E-state index in [0.29, 0.717) is 5.02 Å². The van der Waals surface area contributed by atoms with E-state index in [1.807, 2.05) is 30.3 Å². The quantitative estimate of drug-likeness (QED) is 0.757. The SMILES string of the molecule is COc1ccc(-c2cc(Cl)c3[nH]ncc3c2)cc1. The summed E-state index contributed by atoms with van der Waals surface area (Å²) >= 11 is 6.22. The molecule has 0 aliphatic carbocycles. The van der Waals surface area contributed by atoms with Crippen molar-refractivity contribution in [2.45, 2.75) is 0 Å². The Balaban J connectivity index is 2.12. The van der Waals surface area contributed by atoms with Gasteiger partial charge in [-0.3, -0.25) is 5.10 Å². The number of rotatable bonds is 2. The van der Waals surface area contributed by atoms with E-state index in [0.717, 1.165) is 27.8 Å². The van der Waals surface area contributed by atoms with Crippen LogP contribution in [-0.4, -0.2) is 17.3 Å². The number of nitrogens with zero attached hydrogens (tertiary/aromatic N) is 1. The lowest BCUT2D eigenvalue weighted by molar-refractivity contribution is 0.415. The number of hydrogen-bond acceptors (Lipinski definition) is 2. The number of aromatic amines is 1. The van der Waals surface area contributed by atoms with Gasteiger partial charge in [-0.25, -0.2) is 0 Å². The second-order valence-electron chi connectivity index (χ2n) is 4.02. The maximum Gasteiger partial charge on any atom is 0.118 e. The van der Waals surface area contributed by atoms with E-state index >= 15 is 0 Å². The number of nitrogens with one attached hydrogen (secondary N) is 1. The van der Waals surface area contributed by atoms with Crippen LogP contribution < -0.4 is 4.74 Å². The fourth-order valence-electron chi connectivity index (χ4n) is 1.96. The molecule has 0 saturated heterocycles. The van der Waals surface area contributed by atoms with Crippen LogP contribution in [0.3, 0.4) is 0 Å². The molecule has 0 unspecified atom stereocenters. The average Bonchev–Trinajstić information content (AvgIpc) is 2.88. The Morgan fingerprint density at radius 2 is 1.89 bits per heavy atom. The molecule has 0 saturated carbocycles. The van der Waals surface area contributed by atoms with Crippen LogP contribution in [0.5, 0.6) is 5.75 Å². The van der Waals surface area contributed by atoms with Gasteiger partial charge in [0.2, 0.25) is 0 Å². The molecule has 1 N–H and O–H groups in total. The first-order valence-electron chi connectivity index (χ1n) is 5.55. The van der Waals surface area contributed by atoms with Gasteiger partial charge in [0.05, 0.1) is 23.8 Å². The fourth-order valence-corrected chi connectivity index (χ4v) is 2.23. The number of ether oxygens (including phenoxy) is 1. The Hall–Kier alpha value is -2.00. The molecule has 0 fully saturated rings. The normalized spacial score (nSPS) is 10.8. The molecule has 3 aromatic rings. The minimum atomic E-state index is 0.677. The maximum atomic E-state index is 6.22.